The van der Waals surface area contributed by atoms with Crippen molar-refractivity contribution in [3.8, 4) is 68.9 Å². The number of benzene rings is 3. The molecular formula is C98H136N12O9. The third kappa shape index (κ3) is 20.7. The van der Waals surface area contributed by atoms with E-state index in [1.54, 1.807) is 21.3 Å². The van der Waals surface area contributed by atoms with E-state index in [2.05, 4.69) is 116 Å². The summed E-state index contributed by atoms with van der Waals surface area (Å²) in [6, 6.07) is 26.8. The van der Waals surface area contributed by atoms with Gasteiger partial charge in [0.1, 0.15) is 34.4 Å². The Kier molecular flexibility index (Phi) is 28.1. The molecule has 3 atom stereocenters. The molecule has 1 unspecified atom stereocenters. The van der Waals surface area contributed by atoms with Gasteiger partial charge in [-0.05, 0) is 354 Å². The smallest absolute Gasteiger partial charge is 0.163 e. The van der Waals surface area contributed by atoms with Crippen molar-refractivity contribution in [1.29, 1.82) is 0 Å². The maximum atomic E-state index is 6.30. The van der Waals surface area contributed by atoms with Crippen LogP contribution in [0.15, 0.2) is 86.0 Å². The minimum Gasteiger partial charge on any atom is -0.493 e. The standard InChI is InChI=1S/C34H48N4O3.2C32H44N4O3/c1-23(2)38-17-12-25(13-18-38)20-26-9-10-27-33(35-26)28-21-31(39-4)32(40-19-7-16-37-14-5-6-15-37)22-29(28)36-34(27)30-11-8-24(3)41-30;2*1-22-7-10-28(39-22)32-25-9-8-24(19-23-11-16-35(2)17-12-23)33-31(25)26-20-29(37-3)30(21-27(26)34-32)38-18-6-15-36-13-4-5-14-36/h8,11,21-23,25-26,35H,5-7,9-10,12-20H2,1-4H3;2*7,10,20-21,23-24,33H,4-6,8-9,11-19H2,1-3H3/t;2*24-/m.10/s1. The van der Waals surface area contributed by atoms with Gasteiger partial charge in [0, 0.05) is 112 Å². The van der Waals surface area contributed by atoms with Crippen LogP contribution >= 0.6 is 0 Å². The van der Waals surface area contributed by atoms with Crippen LogP contribution in [0.5, 0.6) is 34.5 Å². The van der Waals surface area contributed by atoms with E-state index in [0.29, 0.717) is 44.0 Å². The molecule has 3 aromatic carbocycles. The van der Waals surface area contributed by atoms with Crippen LogP contribution in [-0.2, 0) is 19.3 Å². The molecule has 0 amide bonds. The molecule has 6 fully saturated rings. The normalized spacial score (nSPS) is 20.6. The number of fused-ring (bicyclic) bond motifs is 9. The van der Waals surface area contributed by atoms with E-state index in [0.717, 1.165) is 214 Å². The predicted octanol–water partition coefficient (Wildman–Crippen LogP) is 19.2. The van der Waals surface area contributed by atoms with Crippen molar-refractivity contribution >= 4 is 49.8 Å². The Morgan fingerprint density at radius 3 is 0.941 bits per heavy atom. The van der Waals surface area contributed by atoms with Gasteiger partial charge in [-0.15, -0.1) is 0 Å². The van der Waals surface area contributed by atoms with Gasteiger partial charge in [-0.2, -0.15) is 0 Å². The second-order valence-corrected chi connectivity index (χ2v) is 36.4. The molecule has 6 aromatic heterocycles. The first-order chi connectivity index (χ1) is 58.1. The molecule has 21 nitrogen and oxygen atoms in total. The molecule has 6 saturated heterocycles. The highest BCUT2D eigenvalue weighted by Crippen LogP contribution is 2.48. The summed E-state index contributed by atoms with van der Waals surface area (Å²) in [5.74, 6) is 12.2. The van der Waals surface area contributed by atoms with Crippen molar-refractivity contribution in [3.63, 3.8) is 0 Å². The van der Waals surface area contributed by atoms with Gasteiger partial charge in [-0.1, -0.05) is 0 Å². The van der Waals surface area contributed by atoms with Crippen LogP contribution in [0.1, 0.15) is 183 Å². The van der Waals surface area contributed by atoms with Gasteiger partial charge < -0.3 is 87.0 Å². The lowest BCUT2D eigenvalue weighted by Gasteiger charge is -2.37. The van der Waals surface area contributed by atoms with E-state index in [-0.39, 0.29) is 0 Å². The molecule has 18 rings (SSSR count). The average Bonchev–Trinajstić information content (AvgIpc) is 1.26. The number of hydrogen-bond donors (Lipinski definition) is 3. The summed E-state index contributed by atoms with van der Waals surface area (Å²) in [5.41, 5.74) is 12.9. The number of aryl methyl sites for hydroxylation is 3. The molecule has 15 heterocycles. The van der Waals surface area contributed by atoms with E-state index in [9.17, 15) is 0 Å². The van der Waals surface area contributed by atoms with Crippen LogP contribution in [0.4, 0.5) is 17.1 Å². The number of nitrogens with zero attached hydrogens (tertiary/aromatic N) is 9. The molecule has 9 aromatic rings. The summed E-state index contributed by atoms with van der Waals surface area (Å²) >= 11 is 0. The number of aromatic nitrogens is 3. The van der Waals surface area contributed by atoms with Gasteiger partial charge in [0.05, 0.1) is 57.7 Å². The predicted molar refractivity (Wildman–Crippen MR) is 480 cm³/mol. The maximum absolute atomic E-state index is 6.30. The van der Waals surface area contributed by atoms with Crippen molar-refractivity contribution in [2.24, 2.45) is 17.8 Å². The molecule has 0 radical (unpaired) electrons. The van der Waals surface area contributed by atoms with Crippen LogP contribution in [0.25, 0.3) is 67.1 Å². The molecule has 642 valence electrons. The minimum absolute atomic E-state index is 0.461. The number of ether oxygens (including phenoxy) is 6. The topological polar surface area (TPSA) is 189 Å². The fourth-order valence-electron chi connectivity index (χ4n) is 20.5. The zero-order valence-corrected chi connectivity index (χ0v) is 73.4. The summed E-state index contributed by atoms with van der Waals surface area (Å²) in [7, 11) is 9.67. The number of likely N-dealkylation sites (tertiary alicyclic amines) is 6. The number of methoxy groups -OCH3 is 3. The summed E-state index contributed by atoms with van der Waals surface area (Å²) in [5, 5.41) is 15.3. The van der Waals surface area contributed by atoms with Gasteiger partial charge >= 0.3 is 0 Å². The summed E-state index contributed by atoms with van der Waals surface area (Å²) < 4.78 is 54.7. The van der Waals surface area contributed by atoms with Crippen LogP contribution in [0.3, 0.4) is 0 Å². The zero-order chi connectivity index (χ0) is 81.9. The van der Waals surface area contributed by atoms with Crippen molar-refractivity contribution < 1.29 is 41.7 Å². The monoisotopic (exact) mass is 1630 g/mol. The van der Waals surface area contributed by atoms with E-state index < -0.39 is 0 Å². The van der Waals surface area contributed by atoms with Gasteiger partial charge in [0.2, 0.25) is 0 Å². The molecule has 21 heteroatoms. The molecule has 9 aliphatic heterocycles. The average molecular weight is 1630 g/mol. The first-order valence-corrected chi connectivity index (χ1v) is 45.9. The number of furan rings is 3. The highest BCUT2D eigenvalue weighted by Gasteiger charge is 2.35. The highest BCUT2D eigenvalue weighted by atomic mass is 16.5. The Balaban J connectivity index is 0.000000133. The SMILES string of the molecule is COc1cc2c3c(c(-c4ccc(C)o4)nc2cc1OCCCN1CCCC1)CCC(CC1CCN(C(C)C)CC1)N3.COc1cc2c3c(c(-c4ccc(C)o4)nc2cc1OCCCN1CCCC1)CC[C@@H](CC1CCN(C)CC1)N3.COc1cc2c3c(c(-c4ccc(C)o4)nc2cc1OCCCN1CCCC1)CC[C@H](CC1CCN(C)CC1)N3. The Morgan fingerprint density at radius 1 is 0.378 bits per heavy atom. The Morgan fingerprint density at radius 2 is 0.672 bits per heavy atom. The molecule has 9 aliphatic rings. The number of rotatable bonds is 28. The molecule has 119 heavy (non-hydrogen) atoms. The van der Waals surface area contributed by atoms with Gasteiger partial charge in [-0.25, -0.2) is 15.0 Å². The Bertz CT molecular complexity index is 4620. The largest absolute Gasteiger partial charge is 0.493 e. The lowest BCUT2D eigenvalue weighted by Crippen LogP contribution is -2.40. The molecule has 3 N–H and O–H groups in total. The van der Waals surface area contributed by atoms with Crippen LogP contribution in [0, 0.1) is 38.5 Å². The first kappa shape index (κ1) is 84.3. The van der Waals surface area contributed by atoms with E-state index in [1.165, 1.54) is 209 Å². The Labute approximate surface area is 707 Å². The first-order valence-electron chi connectivity index (χ1n) is 45.9. The van der Waals surface area contributed by atoms with Gasteiger partial charge in [0.25, 0.3) is 0 Å². The number of nitrogens with one attached hydrogen (secondary N) is 3. The van der Waals surface area contributed by atoms with Crippen LogP contribution in [0.2, 0.25) is 0 Å². The minimum atomic E-state index is 0.461. The summed E-state index contributed by atoms with van der Waals surface area (Å²) in [4.78, 5) is 30.6. The van der Waals surface area contributed by atoms with E-state index >= 15 is 0 Å². The van der Waals surface area contributed by atoms with Crippen LogP contribution in [-0.4, -0.2) is 222 Å². The quantitative estimate of drug-likeness (QED) is 0.0392. The summed E-state index contributed by atoms with van der Waals surface area (Å²) in [6.45, 7) is 30.5. The van der Waals surface area contributed by atoms with Crippen LogP contribution < -0.4 is 44.4 Å². The number of hydrogen-bond acceptors (Lipinski definition) is 21. The molecule has 0 bridgehead atoms. The lowest BCUT2D eigenvalue weighted by molar-refractivity contribution is 0.142. The Hall–Kier alpha value is -8.31. The molecule has 0 aliphatic carbocycles. The lowest BCUT2D eigenvalue weighted by atomic mass is 9.85. The van der Waals surface area contributed by atoms with Gasteiger partial charge in [-0.3, -0.25) is 0 Å². The fourth-order valence-corrected chi connectivity index (χ4v) is 20.5. The molecule has 0 saturated carbocycles. The third-order valence-corrected chi connectivity index (χ3v) is 27.4. The summed E-state index contributed by atoms with van der Waals surface area (Å²) in [6.07, 6.45) is 28.7. The highest BCUT2D eigenvalue weighted by molar-refractivity contribution is 6.01. The maximum Gasteiger partial charge on any atom is 0.163 e. The number of piperidine rings is 3. The molecular weight excluding hydrogens is 1490 g/mol. The van der Waals surface area contributed by atoms with Crippen molar-refractivity contribution in [2.45, 2.75) is 213 Å². The van der Waals surface area contributed by atoms with E-state index in [1.807, 2.05) is 51.1 Å². The van der Waals surface area contributed by atoms with Gasteiger partial charge in [0.15, 0.2) is 51.8 Å². The number of anilines is 3. The van der Waals surface area contributed by atoms with Crippen molar-refractivity contribution in [3.05, 3.63) is 107 Å². The third-order valence-electron chi connectivity index (χ3n) is 27.4. The number of pyridine rings is 3. The van der Waals surface area contributed by atoms with E-state index in [4.69, 9.17) is 56.6 Å². The van der Waals surface area contributed by atoms with Crippen molar-refractivity contribution in [1.82, 2.24) is 44.4 Å². The van der Waals surface area contributed by atoms with Crippen molar-refractivity contribution in [2.75, 3.05) is 169 Å². The molecule has 0 spiro atoms. The second kappa shape index (κ2) is 39.7. The fraction of sp³-hybridized carbons (Fsp3) is 0.602. The second-order valence-electron chi connectivity index (χ2n) is 36.4. The zero-order valence-electron chi connectivity index (χ0n) is 73.4.